The van der Waals surface area contributed by atoms with E-state index >= 15 is 0 Å². The summed E-state index contributed by atoms with van der Waals surface area (Å²) in [7, 11) is -0.0556. The van der Waals surface area contributed by atoms with E-state index in [4.69, 9.17) is 4.74 Å². The third-order valence-electron chi connectivity index (χ3n) is 4.97. The molecule has 0 N–H and O–H groups in total. The molecule has 0 aliphatic carbocycles. The van der Waals surface area contributed by atoms with Crippen LogP contribution in [0.3, 0.4) is 0 Å². The van der Waals surface area contributed by atoms with Crippen LogP contribution >= 0.6 is 0 Å². The number of hydrogen-bond acceptors (Lipinski definition) is 4. The van der Waals surface area contributed by atoms with Crippen molar-refractivity contribution in [1.29, 1.82) is 0 Å². The van der Waals surface area contributed by atoms with Crippen LogP contribution in [0, 0.1) is 19.8 Å². The van der Waals surface area contributed by atoms with Crippen molar-refractivity contribution < 1.29 is 17.9 Å². The summed E-state index contributed by atoms with van der Waals surface area (Å²) >= 11 is 0. The largest absolute Gasteiger partial charge is 0.385 e. The van der Waals surface area contributed by atoms with Crippen LogP contribution in [0.2, 0.25) is 0 Å². The maximum atomic E-state index is 12.9. The van der Waals surface area contributed by atoms with Crippen LogP contribution in [0.15, 0.2) is 23.1 Å². The van der Waals surface area contributed by atoms with Crippen LogP contribution in [0.25, 0.3) is 0 Å². The molecule has 0 bridgehead atoms. The fourth-order valence-electron chi connectivity index (χ4n) is 3.44. The van der Waals surface area contributed by atoms with E-state index in [-0.39, 0.29) is 11.8 Å². The molecular weight excluding hydrogens is 352 g/mol. The molecule has 7 heteroatoms. The summed E-state index contributed by atoms with van der Waals surface area (Å²) in [5.41, 5.74) is 1.81. The van der Waals surface area contributed by atoms with E-state index in [2.05, 4.69) is 0 Å². The Balaban J connectivity index is 1.98. The Labute approximate surface area is 157 Å². The highest BCUT2D eigenvalue weighted by Gasteiger charge is 2.33. The fraction of sp³-hybridized carbons (Fsp3) is 0.632. The van der Waals surface area contributed by atoms with Crippen LogP contribution in [0.1, 0.15) is 30.4 Å². The lowest BCUT2D eigenvalue weighted by atomic mass is 9.96. The number of carbonyl (C=O) groups excluding carboxylic acids is 1. The molecule has 1 heterocycles. The van der Waals surface area contributed by atoms with Gasteiger partial charge in [-0.15, -0.1) is 0 Å². The van der Waals surface area contributed by atoms with E-state index in [9.17, 15) is 13.2 Å². The van der Waals surface area contributed by atoms with Gasteiger partial charge in [0.25, 0.3) is 0 Å². The van der Waals surface area contributed by atoms with Crippen LogP contribution < -0.4 is 0 Å². The molecule has 146 valence electrons. The molecular formula is C19H30N2O4S. The molecule has 0 saturated carbocycles. The minimum Gasteiger partial charge on any atom is -0.385 e. The van der Waals surface area contributed by atoms with Gasteiger partial charge in [-0.1, -0.05) is 17.7 Å². The summed E-state index contributed by atoms with van der Waals surface area (Å²) in [5.74, 6) is -0.00206. The van der Waals surface area contributed by atoms with Gasteiger partial charge in [-0.25, -0.2) is 8.42 Å². The number of carbonyl (C=O) groups is 1. The third kappa shape index (κ3) is 4.84. The Morgan fingerprint density at radius 1 is 1.27 bits per heavy atom. The molecule has 1 aliphatic heterocycles. The monoisotopic (exact) mass is 382 g/mol. The molecule has 26 heavy (non-hydrogen) atoms. The van der Waals surface area contributed by atoms with Gasteiger partial charge in [0, 0.05) is 46.3 Å². The number of rotatable bonds is 7. The van der Waals surface area contributed by atoms with Gasteiger partial charge in [0.1, 0.15) is 0 Å². The lowest BCUT2D eigenvalue weighted by Gasteiger charge is -2.32. The SMILES string of the molecule is COCCCN(C)C(=O)C1CCN(S(=O)(=O)c2ccc(C)cc2C)CC1. The molecule has 0 unspecified atom stereocenters. The smallest absolute Gasteiger partial charge is 0.243 e. The average Bonchev–Trinajstić information content (AvgIpc) is 2.61. The van der Waals surface area contributed by atoms with Gasteiger partial charge in [-0.05, 0) is 44.7 Å². The standard InChI is InChI=1S/C19H30N2O4S/c1-15-6-7-18(16(2)14-15)26(23,24)21-11-8-17(9-12-21)19(22)20(3)10-5-13-25-4/h6-7,14,17H,5,8-13H2,1-4H3. The molecule has 6 nitrogen and oxygen atoms in total. The van der Waals surface area contributed by atoms with Crippen LogP contribution in [0.4, 0.5) is 0 Å². The zero-order chi connectivity index (χ0) is 19.3. The topological polar surface area (TPSA) is 66.9 Å². The first-order valence-electron chi connectivity index (χ1n) is 9.08. The molecule has 0 aromatic heterocycles. The number of nitrogens with zero attached hydrogens (tertiary/aromatic N) is 2. The van der Waals surface area contributed by atoms with Crippen molar-refractivity contribution in [3.05, 3.63) is 29.3 Å². The highest BCUT2D eigenvalue weighted by Crippen LogP contribution is 2.27. The van der Waals surface area contributed by atoms with Gasteiger partial charge < -0.3 is 9.64 Å². The molecule has 2 rings (SSSR count). The first-order valence-corrected chi connectivity index (χ1v) is 10.5. The lowest BCUT2D eigenvalue weighted by Crippen LogP contribution is -2.43. The lowest BCUT2D eigenvalue weighted by molar-refractivity contribution is -0.135. The van der Waals surface area contributed by atoms with E-state index < -0.39 is 10.0 Å². The second kappa shape index (κ2) is 8.97. The summed E-state index contributed by atoms with van der Waals surface area (Å²) in [6.07, 6.45) is 1.94. The minimum absolute atomic E-state index is 0.102. The number of ether oxygens (including phenoxy) is 1. The molecule has 0 atom stereocenters. The predicted octanol–water partition coefficient (Wildman–Crippen LogP) is 2.20. The van der Waals surface area contributed by atoms with Crippen molar-refractivity contribution in [2.75, 3.05) is 40.4 Å². The maximum Gasteiger partial charge on any atom is 0.243 e. The third-order valence-corrected chi connectivity index (χ3v) is 7.03. The minimum atomic E-state index is -3.50. The Morgan fingerprint density at radius 3 is 2.50 bits per heavy atom. The first kappa shape index (κ1) is 20.9. The summed E-state index contributed by atoms with van der Waals surface area (Å²) in [4.78, 5) is 14.6. The van der Waals surface area contributed by atoms with Crippen molar-refractivity contribution in [1.82, 2.24) is 9.21 Å². The van der Waals surface area contributed by atoms with Gasteiger partial charge >= 0.3 is 0 Å². The second-order valence-corrected chi connectivity index (χ2v) is 8.96. The maximum absolute atomic E-state index is 12.9. The quantitative estimate of drug-likeness (QED) is 0.678. The van der Waals surface area contributed by atoms with Gasteiger partial charge in [0.05, 0.1) is 4.90 Å². The van der Waals surface area contributed by atoms with E-state index in [0.29, 0.717) is 44.0 Å². The zero-order valence-corrected chi connectivity index (χ0v) is 17.0. The van der Waals surface area contributed by atoms with E-state index in [1.807, 2.05) is 26.0 Å². The number of methoxy groups -OCH3 is 1. The number of aryl methyl sites for hydroxylation is 2. The zero-order valence-electron chi connectivity index (χ0n) is 16.2. The first-order chi connectivity index (χ1) is 12.3. The molecule has 1 amide bonds. The van der Waals surface area contributed by atoms with Gasteiger partial charge in [-0.2, -0.15) is 4.31 Å². The average molecular weight is 383 g/mol. The number of benzene rings is 1. The second-order valence-electron chi connectivity index (χ2n) is 7.05. The van der Waals surface area contributed by atoms with Crippen molar-refractivity contribution in [2.45, 2.75) is 38.0 Å². The highest BCUT2D eigenvalue weighted by atomic mass is 32.2. The summed E-state index contributed by atoms with van der Waals surface area (Å²) in [5, 5.41) is 0. The van der Waals surface area contributed by atoms with Gasteiger partial charge in [-0.3, -0.25) is 4.79 Å². The van der Waals surface area contributed by atoms with Crippen LogP contribution in [-0.4, -0.2) is 63.9 Å². The van der Waals surface area contributed by atoms with Crippen molar-refractivity contribution in [3.63, 3.8) is 0 Å². The van der Waals surface area contributed by atoms with Gasteiger partial charge in [0.2, 0.25) is 15.9 Å². The number of sulfonamides is 1. The molecule has 0 spiro atoms. The molecule has 0 radical (unpaired) electrons. The number of piperidine rings is 1. The van der Waals surface area contributed by atoms with Gasteiger partial charge in [0.15, 0.2) is 0 Å². The normalized spacial score (nSPS) is 16.6. The fourth-order valence-corrected chi connectivity index (χ4v) is 5.11. The van der Waals surface area contributed by atoms with E-state index in [0.717, 1.165) is 17.5 Å². The molecule has 1 saturated heterocycles. The Bertz CT molecular complexity index is 725. The Morgan fingerprint density at radius 2 is 1.92 bits per heavy atom. The van der Waals surface area contributed by atoms with E-state index in [1.165, 1.54) is 4.31 Å². The molecule has 1 aromatic carbocycles. The Hall–Kier alpha value is -1.44. The number of hydrogen-bond donors (Lipinski definition) is 0. The molecule has 1 aromatic rings. The van der Waals surface area contributed by atoms with Crippen LogP contribution in [-0.2, 0) is 19.6 Å². The summed E-state index contributed by atoms with van der Waals surface area (Å²) < 4.78 is 32.4. The molecule has 1 aliphatic rings. The molecule has 1 fully saturated rings. The summed E-state index contributed by atoms with van der Waals surface area (Å²) in [6.45, 7) is 5.84. The van der Waals surface area contributed by atoms with Crippen LogP contribution in [0.5, 0.6) is 0 Å². The number of amides is 1. The van der Waals surface area contributed by atoms with Crippen molar-refractivity contribution >= 4 is 15.9 Å². The Kier molecular flexibility index (Phi) is 7.20. The van der Waals surface area contributed by atoms with E-state index in [1.54, 1.807) is 25.1 Å². The van der Waals surface area contributed by atoms with Crippen molar-refractivity contribution in [2.24, 2.45) is 5.92 Å². The highest BCUT2D eigenvalue weighted by molar-refractivity contribution is 7.89. The predicted molar refractivity (Wildman–Crippen MR) is 102 cm³/mol. The van der Waals surface area contributed by atoms with Crippen molar-refractivity contribution in [3.8, 4) is 0 Å². The summed E-state index contributed by atoms with van der Waals surface area (Å²) in [6, 6.07) is 5.39.